The first kappa shape index (κ1) is 22.8. The summed E-state index contributed by atoms with van der Waals surface area (Å²) < 4.78 is 6.08. The highest BCUT2D eigenvalue weighted by Gasteiger charge is 2.50. The van der Waals surface area contributed by atoms with E-state index in [9.17, 15) is 19.2 Å². The Hall–Kier alpha value is -3.43. The Morgan fingerprint density at radius 2 is 1.88 bits per heavy atom. The molecule has 11 heteroatoms. The molecule has 4 rings (SSSR count). The molecule has 0 radical (unpaired) electrons. The Morgan fingerprint density at radius 3 is 2.52 bits per heavy atom. The number of nitrogens with zero attached hydrogens (tertiary/aromatic N) is 2. The summed E-state index contributed by atoms with van der Waals surface area (Å²) in [5.74, 6) is -2.11. The van der Waals surface area contributed by atoms with Crippen molar-refractivity contribution in [1.29, 1.82) is 0 Å². The molecule has 1 aromatic heterocycles. The molecule has 0 bridgehead atoms. The monoisotopic (exact) mass is 489 g/mol. The van der Waals surface area contributed by atoms with Crippen LogP contribution in [-0.2, 0) is 21.4 Å². The van der Waals surface area contributed by atoms with Gasteiger partial charge in [-0.3, -0.25) is 14.6 Å². The van der Waals surface area contributed by atoms with Crippen molar-refractivity contribution in [2.75, 3.05) is 6.61 Å². The summed E-state index contributed by atoms with van der Waals surface area (Å²) in [6.45, 7) is 1.86. The third-order valence-electron chi connectivity index (χ3n) is 5.60. The number of carbonyl (C=O) groups is 2. The van der Waals surface area contributed by atoms with Crippen LogP contribution >= 0.6 is 23.2 Å². The van der Waals surface area contributed by atoms with Crippen LogP contribution in [0.25, 0.3) is 5.69 Å². The van der Waals surface area contributed by atoms with Gasteiger partial charge in [0, 0.05) is 15.6 Å². The third kappa shape index (κ3) is 3.63. The number of benzene rings is 2. The molecule has 2 aromatic carbocycles. The van der Waals surface area contributed by atoms with Crippen LogP contribution in [0.5, 0.6) is 0 Å². The highest BCUT2D eigenvalue weighted by atomic mass is 35.5. The van der Waals surface area contributed by atoms with Gasteiger partial charge in [0.25, 0.3) is 5.56 Å². The maximum atomic E-state index is 13.3. The van der Waals surface area contributed by atoms with Crippen molar-refractivity contribution in [2.24, 2.45) is 0 Å². The minimum atomic E-state index is -1.61. The zero-order valence-corrected chi connectivity index (χ0v) is 18.7. The van der Waals surface area contributed by atoms with Gasteiger partial charge in [-0.2, -0.15) is 9.78 Å². The first-order valence-electron chi connectivity index (χ1n) is 9.93. The lowest BCUT2D eigenvalue weighted by molar-refractivity contribution is -0.148. The highest BCUT2D eigenvalue weighted by molar-refractivity contribution is 6.37. The van der Waals surface area contributed by atoms with Crippen molar-refractivity contribution in [1.82, 2.24) is 14.8 Å². The maximum absolute atomic E-state index is 13.3. The number of hydrogen-bond donors (Lipinski definition) is 2. The number of fused-ring (bicyclic) bond motifs is 1. The minimum Gasteiger partial charge on any atom is -0.476 e. The molecular formula is C22H17Cl2N3O6. The Labute approximate surface area is 196 Å². The summed E-state index contributed by atoms with van der Waals surface area (Å²) in [4.78, 5) is 50.5. The second kappa shape index (κ2) is 8.49. The molecule has 0 fully saturated rings. The summed E-state index contributed by atoms with van der Waals surface area (Å²) in [6, 6.07) is 10.1. The zero-order chi connectivity index (χ0) is 23.9. The number of carbonyl (C=O) groups excluding carboxylic acids is 1. The smallest absolute Gasteiger partial charge is 0.362 e. The van der Waals surface area contributed by atoms with E-state index in [0.29, 0.717) is 23.1 Å². The number of rotatable bonds is 5. The van der Waals surface area contributed by atoms with Crippen LogP contribution < -0.4 is 11.2 Å². The number of aryl methyl sites for hydroxylation is 1. The topological polar surface area (TPSA) is 131 Å². The van der Waals surface area contributed by atoms with Gasteiger partial charge in [0.2, 0.25) is 5.69 Å². The number of aromatic amines is 1. The summed E-state index contributed by atoms with van der Waals surface area (Å²) in [7, 11) is 0. The largest absolute Gasteiger partial charge is 0.476 e. The first-order valence-corrected chi connectivity index (χ1v) is 10.7. The third-order valence-corrected chi connectivity index (χ3v) is 6.20. The lowest BCUT2D eigenvalue weighted by Crippen LogP contribution is -2.38. The predicted molar refractivity (Wildman–Crippen MR) is 120 cm³/mol. The quantitative estimate of drug-likeness (QED) is 0.526. The average Bonchev–Trinajstić information content (AvgIpc) is 3.13. The summed E-state index contributed by atoms with van der Waals surface area (Å²) in [5.41, 5.74) is -2.22. The van der Waals surface area contributed by atoms with Crippen LogP contribution in [0, 0.1) is 0 Å². The highest BCUT2D eigenvalue weighted by Crippen LogP contribution is 2.50. The second-order valence-electron chi connectivity index (χ2n) is 7.39. The number of halogens is 2. The maximum Gasteiger partial charge on any atom is 0.362 e. The standard InChI is InChI=1S/C22H17Cl2N3O6/c1-2-33-20(31)22(8-7-11-5-3-4-6-13(11)22)16-14(23)9-12(10-15(16)24)27-21(32)25-18(28)17(26-27)19(29)30/h3-6,9-10H,2,7-8H2,1H3,(H,29,30)(H,25,28,32). The number of carboxylic acids is 1. The van der Waals surface area contributed by atoms with E-state index < -0.39 is 34.3 Å². The number of hydrogen-bond acceptors (Lipinski definition) is 6. The molecule has 0 saturated heterocycles. The van der Waals surface area contributed by atoms with Crippen molar-refractivity contribution < 1.29 is 19.4 Å². The van der Waals surface area contributed by atoms with Gasteiger partial charge in [-0.1, -0.05) is 47.5 Å². The molecular weight excluding hydrogens is 473 g/mol. The van der Waals surface area contributed by atoms with Gasteiger partial charge in [0.15, 0.2) is 0 Å². The Kier molecular flexibility index (Phi) is 5.85. The molecule has 170 valence electrons. The molecule has 1 aliphatic rings. The van der Waals surface area contributed by atoms with Gasteiger partial charge in [-0.25, -0.2) is 9.59 Å². The van der Waals surface area contributed by atoms with Crippen LogP contribution in [0.2, 0.25) is 10.0 Å². The van der Waals surface area contributed by atoms with Crippen LogP contribution in [0.1, 0.15) is 40.5 Å². The number of carboxylic acid groups (broad SMARTS) is 1. The van der Waals surface area contributed by atoms with Gasteiger partial charge in [-0.05, 0) is 43.0 Å². The van der Waals surface area contributed by atoms with Crippen LogP contribution in [0.3, 0.4) is 0 Å². The zero-order valence-electron chi connectivity index (χ0n) is 17.2. The lowest BCUT2D eigenvalue weighted by atomic mass is 9.75. The number of aromatic carboxylic acids is 1. The Balaban J connectivity index is 1.95. The van der Waals surface area contributed by atoms with E-state index in [4.69, 9.17) is 33.0 Å². The summed E-state index contributed by atoms with van der Waals surface area (Å²) >= 11 is 13.3. The van der Waals surface area contributed by atoms with Crippen molar-refractivity contribution in [3.05, 3.63) is 89.7 Å². The summed E-state index contributed by atoms with van der Waals surface area (Å²) in [6.07, 6.45) is 0.982. The molecule has 33 heavy (non-hydrogen) atoms. The van der Waals surface area contributed by atoms with E-state index in [-0.39, 0.29) is 22.3 Å². The van der Waals surface area contributed by atoms with Gasteiger partial charge in [-0.15, -0.1) is 0 Å². The molecule has 0 amide bonds. The number of ether oxygens (including phenoxy) is 1. The van der Waals surface area contributed by atoms with Crippen molar-refractivity contribution in [3.8, 4) is 5.69 Å². The van der Waals surface area contributed by atoms with Crippen LogP contribution in [0.4, 0.5) is 0 Å². The molecule has 1 atom stereocenters. The fourth-order valence-electron chi connectivity index (χ4n) is 4.24. The number of nitrogens with one attached hydrogen (secondary N) is 1. The molecule has 9 nitrogen and oxygen atoms in total. The van der Waals surface area contributed by atoms with Crippen LogP contribution in [-0.4, -0.2) is 38.4 Å². The van der Waals surface area contributed by atoms with Gasteiger partial charge < -0.3 is 9.84 Å². The fraction of sp³-hybridized carbons (Fsp3) is 0.227. The molecule has 1 aliphatic carbocycles. The molecule has 1 heterocycles. The van der Waals surface area contributed by atoms with E-state index in [1.54, 1.807) is 6.92 Å². The minimum absolute atomic E-state index is 0.0165. The number of esters is 1. The summed E-state index contributed by atoms with van der Waals surface area (Å²) in [5, 5.41) is 12.9. The predicted octanol–water partition coefficient (Wildman–Crippen LogP) is 2.72. The van der Waals surface area contributed by atoms with E-state index >= 15 is 0 Å². The Morgan fingerprint density at radius 1 is 1.21 bits per heavy atom. The van der Waals surface area contributed by atoms with Crippen molar-refractivity contribution >= 4 is 35.1 Å². The second-order valence-corrected chi connectivity index (χ2v) is 8.21. The van der Waals surface area contributed by atoms with E-state index in [2.05, 4.69) is 5.10 Å². The van der Waals surface area contributed by atoms with Gasteiger partial charge >= 0.3 is 17.6 Å². The van der Waals surface area contributed by atoms with Crippen LogP contribution in [0.15, 0.2) is 46.0 Å². The average molecular weight is 490 g/mol. The molecule has 1 unspecified atom stereocenters. The van der Waals surface area contributed by atoms with E-state index in [0.717, 1.165) is 11.1 Å². The molecule has 0 spiro atoms. The molecule has 3 aromatic rings. The number of aromatic nitrogens is 3. The molecule has 2 N–H and O–H groups in total. The van der Waals surface area contributed by atoms with E-state index in [1.165, 1.54) is 12.1 Å². The van der Waals surface area contributed by atoms with Crippen molar-refractivity contribution in [3.63, 3.8) is 0 Å². The fourth-order valence-corrected chi connectivity index (χ4v) is 5.04. The molecule has 0 saturated carbocycles. The number of H-pyrrole nitrogens is 1. The first-order chi connectivity index (χ1) is 15.7. The van der Waals surface area contributed by atoms with Gasteiger partial charge in [0.05, 0.1) is 12.3 Å². The van der Waals surface area contributed by atoms with Crippen molar-refractivity contribution in [2.45, 2.75) is 25.2 Å². The van der Waals surface area contributed by atoms with E-state index in [1.807, 2.05) is 29.2 Å². The molecule has 0 aliphatic heterocycles. The SMILES string of the molecule is CCOC(=O)C1(c2c(Cl)cc(-n3nc(C(=O)O)c(=O)[nH]c3=O)cc2Cl)CCc2ccccc21. The normalized spacial score (nSPS) is 16.9. The lowest BCUT2D eigenvalue weighted by Gasteiger charge is -2.30. The Bertz CT molecular complexity index is 1390. The van der Waals surface area contributed by atoms with Gasteiger partial charge in [0.1, 0.15) is 5.41 Å².